The first-order valence-electron chi connectivity index (χ1n) is 23.1. The van der Waals surface area contributed by atoms with Gasteiger partial charge in [0.25, 0.3) is 0 Å². The zero-order valence-corrected chi connectivity index (χ0v) is 37.5. The maximum absolute atomic E-state index is 16.5. The minimum Gasteiger partial charge on any atom is -0.310 e. The first kappa shape index (κ1) is 42.4. The fourth-order valence-electron chi connectivity index (χ4n) is 10.0. The zero-order valence-electron chi connectivity index (χ0n) is 37.5. The average molecular weight is 913 g/mol. The second-order valence-corrected chi connectivity index (χ2v) is 17.4. The van der Waals surface area contributed by atoms with Crippen molar-refractivity contribution >= 4 is 66.4 Å². The van der Waals surface area contributed by atoms with E-state index in [-0.39, 0.29) is 11.1 Å². The molecule has 12 aromatic carbocycles. The Balaban J connectivity index is 1.06. The molecule has 334 valence electrons. The molecule has 0 aliphatic rings. The molecule has 0 aliphatic carbocycles. The van der Waals surface area contributed by atoms with Gasteiger partial charge in [-0.25, -0.2) is 17.6 Å². The number of anilines is 6. The van der Waals surface area contributed by atoms with Crippen LogP contribution in [0.2, 0.25) is 0 Å². The lowest BCUT2D eigenvalue weighted by atomic mass is 9.91. The van der Waals surface area contributed by atoms with Crippen molar-refractivity contribution in [3.63, 3.8) is 0 Å². The molecule has 0 spiro atoms. The fraction of sp³-hybridized carbons (Fsp3) is 0. The Hall–Kier alpha value is -9.00. The number of halogens is 4. The Morgan fingerprint density at radius 3 is 0.857 bits per heavy atom. The van der Waals surface area contributed by atoms with Gasteiger partial charge in [0.1, 0.15) is 23.3 Å². The minimum absolute atomic E-state index is 0.0969. The van der Waals surface area contributed by atoms with E-state index in [2.05, 4.69) is 24.3 Å². The Morgan fingerprint density at radius 2 is 0.529 bits per heavy atom. The molecule has 70 heavy (non-hydrogen) atoms. The molecule has 0 aliphatic heterocycles. The highest BCUT2D eigenvalue weighted by Gasteiger charge is 2.25. The van der Waals surface area contributed by atoms with Crippen molar-refractivity contribution in [1.29, 1.82) is 0 Å². The summed E-state index contributed by atoms with van der Waals surface area (Å²) in [5.74, 6) is -2.74. The summed E-state index contributed by atoms with van der Waals surface area (Å²) in [6.07, 6.45) is 0. The van der Waals surface area contributed by atoms with E-state index < -0.39 is 23.3 Å². The van der Waals surface area contributed by atoms with Crippen molar-refractivity contribution in [1.82, 2.24) is 0 Å². The van der Waals surface area contributed by atoms with Crippen LogP contribution < -0.4 is 9.80 Å². The van der Waals surface area contributed by atoms with Crippen molar-refractivity contribution in [2.45, 2.75) is 0 Å². The lowest BCUT2D eigenvalue weighted by molar-refractivity contribution is 0.589. The topological polar surface area (TPSA) is 6.48 Å². The van der Waals surface area contributed by atoms with Crippen LogP contribution in [-0.2, 0) is 0 Å². The number of benzene rings is 12. The third-order valence-electron chi connectivity index (χ3n) is 13.3. The number of rotatable bonds is 10. The van der Waals surface area contributed by atoms with Crippen molar-refractivity contribution in [2.24, 2.45) is 0 Å². The largest absolute Gasteiger partial charge is 0.310 e. The van der Waals surface area contributed by atoms with Gasteiger partial charge >= 0.3 is 0 Å². The summed E-state index contributed by atoms with van der Waals surface area (Å²) in [5, 5.41) is 5.45. The molecule has 0 saturated carbocycles. The Kier molecular flexibility index (Phi) is 10.6. The van der Waals surface area contributed by atoms with Crippen LogP contribution in [0.25, 0.3) is 76.8 Å². The van der Waals surface area contributed by atoms with Crippen LogP contribution in [0.4, 0.5) is 51.7 Å². The maximum atomic E-state index is 16.5. The molecule has 0 aromatic heterocycles. The lowest BCUT2D eigenvalue weighted by Crippen LogP contribution is -2.12. The second-order valence-electron chi connectivity index (χ2n) is 17.4. The number of hydrogen-bond donors (Lipinski definition) is 0. The number of hydrogen-bond acceptors (Lipinski definition) is 2. The van der Waals surface area contributed by atoms with Gasteiger partial charge in [0.15, 0.2) is 0 Å². The molecule has 0 saturated heterocycles. The maximum Gasteiger partial charge on any atom is 0.136 e. The molecule has 12 rings (SSSR count). The molecular weight excluding hydrogens is 873 g/mol. The van der Waals surface area contributed by atoms with Gasteiger partial charge in [-0.3, -0.25) is 0 Å². The van der Waals surface area contributed by atoms with Gasteiger partial charge in [0.05, 0.1) is 33.9 Å². The first-order chi connectivity index (χ1) is 34.4. The van der Waals surface area contributed by atoms with E-state index in [0.717, 1.165) is 54.6 Å². The summed E-state index contributed by atoms with van der Waals surface area (Å²) in [7, 11) is 0. The highest BCUT2D eigenvalue weighted by Crippen LogP contribution is 2.49. The second kappa shape index (κ2) is 17.6. The molecule has 12 aromatic rings. The Labute approximate surface area is 402 Å². The van der Waals surface area contributed by atoms with Crippen molar-refractivity contribution in [3.05, 3.63) is 266 Å². The summed E-state index contributed by atoms with van der Waals surface area (Å²) >= 11 is 0. The molecule has 0 bridgehead atoms. The first-order valence-corrected chi connectivity index (χ1v) is 23.1. The molecule has 2 nitrogen and oxygen atoms in total. The van der Waals surface area contributed by atoms with Crippen LogP contribution in [0, 0.1) is 23.3 Å². The summed E-state index contributed by atoms with van der Waals surface area (Å²) in [5.41, 5.74) is 8.22. The van der Waals surface area contributed by atoms with E-state index in [4.69, 9.17) is 0 Å². The standard InChI is InChI=1S/C64H40F4N2/c65-55-37-51(38-56(66)63(55)45-17-9-3-10-18-45)69(49-29-21-43(22-30-49)41-13-5-1-6-14-41)59-35-27-47-26-34-54-60(36-28-48-25-33-53(59)61(47)62(48)54)70(50-31-23-44(24-32-50)42-15-7-2-8-16-42)52-39-57(67)64(58(68)40-52)46-19-11-4-12-20-46/h1-40H. The van der Waals surface area contributed by atoms with Crippen molar-refractivity contribution < 1.29 is 17.6 Å². The third-order valence-corrected chi connectivity index (χ3v) is 13.3. The van der Waals surface area contributed by atoms with Crippen LogP contribution >= 0.6 is 0 Å². The van der Waals surface area contributed by atoms with E-state index in [0.29, 0.717) is 45.3 Å². The lowest BCUT2D eigenvalue weighted by Gasteiger charge is -2.30. The van der Waals surface area contributed by atoms with Crippen molar-refractivity contribution in [3.8, 4) is 44.5 Å². The fourth-order valence-corrected chi connectivity index (χ4v) is 10.0. The minimum atomic E-state index is -0.684. The molecule has 0 amide bonds. The van der Waals surface area contributed by atoms with Crippen LogP contribution in [-0.4, -0.2) is 0 Å². The predicted molar refractivity (Wildman–Crippen MR) is 281 cm³/mol. The Bertz CT molecular complexity index is 3540. The number of nitrogens with zero attached hydrogens (tertiary/aromatic N) is 2. The third kappa shape index (κ3) is 7.47. The van der Waals surface area contributed by atoms with Gasteiger partial charge in [-0.2, -0.15) is 0 Å². The van der Waals surface area contributed by atoms with Gasteiger partial charge in [0.2, 0.25) is 0 Å². The van der Waals surface area contributed by atoms with Gasteiger partial charge in [-0.05, 0) is 116 Å². The van der Waals surface area contributed by atoms with Gasteiger partial charge in [-0.1, -0.05) is 182 Å². The predicted octanol–water partition coefficient (Wildman–Crippen LogP) is 18.7. The Morgan fingerprint density at radius 1 is 0.243 bits per heavy atom. The normalized spacial score (nSPS) is 11.4. The van der Waals surface area contributed by atoms with Gasteiger partial charge < -0.3 is 9.80 Å². The zero-order chi connectivity index (χ0) is 47.3. The molecule has 0 heterocycles. The van der Waals surface area contributed by atoms with E-state index in [1.165, 1.54) is 24.3 Å². The van der Waals surface area contributed by atoms with Crippen LogP contribution in [0.15, 0.2) is 243 Å². The molecule has 0 radical (unpaired) electrons. The van der Waals surface area contributed by atoms with E-state index in [9.17, 15) is 0 Å². The highest BCUT2D eigenvalue weighted by molar-refractivity contribution is 6.28. The quantitative estimate of drug-likeness (QED) is 0.0996. The molecule has 0 N–H and O–H groups in total. The molecular formula is C64H40F4N2. The molecule has 0 unspecified atom stereocenters. The summed E-state index contributed by atoms with van der Waals surface area (Å²) in [4.78, 5) is 3.81. The smallest absolute Gasteiger partial charge is 0.136 e. The molecule has 6 heteroatoms. The molecule has 0 atom stereocenters. The van der Waals surface area contributed by atoms with E-state index >= 15 is 17.6 Å². The van der Waals surface area contributed by atoms with E-state index in [1.54, 1.807) is 48.5 Å². The van der Waals surface area contributed by atoms with Gasteiger partial charge in [0, 0.05) is 22.1 Å². The summed E-state index contributed by atoms with van der Waals surface area (Å²) < 4.78 is 65.8. The van der Waals surface area contributed by atoms with Crippen LogP contribution in [0.3, 0.4) is 0 Å². The SMILES string of the molecule is Fc1cc(N(c2ccc(-c3ccccc3)cc2)c2ccc3ccc4c(N(c5ccc(-c6ccccc6)cc5)c5cc(F)c(-c6ccccc6)c(F)c5)ccc5ccc2c3c54)cc(F)c1-c1ccccc1. The van der Waals surface area contributed by atoms with Gasteiger partial charge in [-0.15, -0.1) is 0 Å². The summed E-state index contributed by atoms with van der Waals surface area (Å²) in [6.45, 7) is 0. The van der Waals surface area contributed by atoms with Crippen LogP contribution in [0.5, 0.6) is 0 Å². The summed E-state index contributed by atoms with van der Waals surface area (Å²) in [6, 6.07) is 75.4. The molecule has 0 fully saturated rings. The average Bonchev–Trinajstić information content (AvgIpc) is 3.40. The highest BCUT2D eigenvalue weighted by atomic mass is 19.1. The van der Waals surface area contributed by atoms with Crippen molar-refractivity contribution in [2.75, 3.05) is 9.80 Å². The monoisotopic (exact) mass is 912 g/mol. The van der Waals surface area contributed by atoms with E-state index in [1.807, 2.05) is 155 Å². The van der Waals surface area contributed by atoms with Crippen LogP contribution in [0.1, 0.15) is 0 Å².